The van der Waals surface area contributed by atoms with E-state index in [4.69, 9.17) is 0 Å². The molecule has 1 rings (SSSR count). The molecule has 0 aromatic heterocycles. The van der Waals surface area contributed by atoms with Gasteiger partial charge in [-0.15, -0.1) is 0 Å². The molecule has 76 valence electrons. The van der Waals surface area contributed by atoms with Gasteiger partial charge in [0.05, 0.1) is 6.04 Å². The summed E-state index contributed by atoms with van der Waals surface area (Å²) in [5.41, 5.74) is 0.839. The zero-order valence-electron chi connectivity index (χ0n) is 8.37. The van der Waals surface area contributed by atoms with Gasteiger partial charge < -0.3 is 5.32 Å². The van der Waals surface area contributed by atoms with E-state index >= 15 is 0 Å². The van der Waals surface area contributed by atoms with Crippen molar-refractivity contribution in [2.24, 2.45) is 0 Å². The lowest BCUT2D eigenvalue weighted by Gasteiger charge is -2.12. The van der Waals surface area contributed by atoms with E-state index in [1.807, 2.05) is 43.9 Å². The van der Waals surface area contributed by atoms with Gasteiger partial charge in [0.2, 0.25) is 5.91 Å². The molecule has 0 bridgehead atoms. The van der Waals surface area contributed by atoms with Crippen molar-refractivity contribution in [2.45, 2.75) is 13.0 Å². The molecular weight excluding hydrogens is 195 g/mol. The SMILES string of the molecule is CPNC(C)C(=O)Nc1ccccc1. The van der Waals surface area contributed by atoms with E-state index in [2.05, 4.69) is 10.4 Å². The number of benzene rings is 1. The normalized spacial score (nSPS) is 13.0. The number of rotatable bonds is 4. The van der Waals surface area contributed by atoms with Crippen LogP contribution in [0.4, 0.5) is 5.69 Å². The summed E-state index contributed by atoms with van der Waals surface area (Å²) in [5.74, 6) is 0.00514. The van der Waals surface area contributed by atoms with E-state index in [0.717, 1.165) is 5.69 Å². The number of nitrogens with one attached hydrogen (secondary N) is 2. The quantitative estimate of drug-likeness (QED) is 0.744. The third kappa shape index (κ3) is 3.44. The molecule has 2 atom stereocenters. The summed E-state index contributed by atoms with van der Waals surface area (Å²) >= 11 is 0. The Morgan fingerprint density at radius 3 is 2.57 bits per heavy atom. The molecule has 0 saturated heterocycles. The highest BCUT2D eigenvalue weighted by Gasteiger charge is 2.10. The summed E-state index contributed by atoms with van der Waals surface area (Å²) in [6, 6.07) is 9.33. The Morgan fingerprint density at radius 1 is 1.36 bits per heavy atom. The van der Waals surface area contributed by atoms with E-state index in [0.29, 0.717) is 8.73 Å². The van der Waals surface area contributed by atoms with Crippen LogP contribution in [0.25, 0.3) is 0 Å². The van der Waals surface area contributed by atoms with Crippen LogP contribution in [0.1, 0.15) is 6.92 Å². The van der Waals surface area contributed by atoms with E-state index in [9.17, 15) is 4.79 Å². The molecule has 14 heavy (non-hydrogen) atoms. The number of carbonyl (C=O) groups excluding carboxylic acids is 1. The predicted octanol–water partition coefficient (Wildman–Crippen LogP) is 1.83. The zero-order chi connectivity index (χ0) is 10.4. The minimum absolute atomic E-state index is 0.00514. The molecule has 0 radical (unpaired) electrons. The van der Waals surface area contributed by atoms with Gasteiger partial charge in [0.1, 0.15) is 0 Å². The zero-order valence-corrected chi connectivity index (χ0v) is 9.37. The Kier molecular flexibility index (Phi) is 4.57. The van der Waals surface area contributed by atoms with Gasteiger partial charge >= 0.3 is 0 Å². The average molecular weight is 210 g/mol. The first-order valence-corrected chi connectivity index (χ1v) is 6.02. The van der Waals surface area contributed by atoms with Crippen LogP contribution in [0.5, 0.6) is 0 Å². The van der Waals surface area contributed by atoms with Crippen molar-refractivity contribution in [1.29, 1.82) is 0 Å². The molecule has 1 aromatic rings. The van der Waals surface area contributed by atoms with Crippen molar-refractivity contribution in [1.82, 2.24) is 5.09 Å². The molecule has 0 aliphatic carbocycles. The summed E-state index contributed by atoms with van der Waals surface area (Å²) in [6.45, 7) is 3.86. The maximum Gasteiger partial charge on any atom is 0.241 e. The number of amides is 1. The van der Waals surface area contributed by atoms with Crippen LogP contribution >= 0.6 is 8.73 Å². The van der Waals surface area contributed by atoms with Gasteiger partial charge in [0.25, 0.3) is 0 Å². The van der Waals surface area contributed by atoms with Crippen molar-refractivity contribution in [3.8, 4) is 0 Å². The second-order valence-electron chi connectivity index (χ2n) is 2.97. The summed E-state index contributed by atoms with van der Waals surface area (Å²) < 4.78 is 0. The highest BCUT2D eigenvalue weighted by molar-refractivity contribution is 7.34. The monoisotopic (exact) mass is 210 g/mol. The summed E-state index contributed by atoms with van der Waals surface area (Å²) in [5, 5.41) is 5.91. The van der Waals surface area contributed by atoms with Gasteiger partial charge in [0, 0.05) is 5.69 Å². The largest absolute Gasteiger partial charge is 0.325 e. The Hall–Kier alpha value is -0.920. The summed E-state index contributed by atoms with van der Waals surface area (Å²) in [6.07, 6.45) is 0. The Labute approximate surface area is 86.1 Å². The lowest BCUT2D eigenvalue weighted by Crippen LogP contribution is -2.33. The molecule has 2 N–H and O–H groups in total. The third-order valence-corrected chi connectivity index (χ3v) is 2.52. The molecule has 0 aliphatic rings. The second-order valence-corrected chi connectivity index (χ2v) is 3.76. The Bertz CT molecular complexity index is 289. The van der Waals surface area contributed by atoms with Gasteiger partial charge in [-0.25, -0.2) is 0 Å². The van der Waals surface area contributed by atoms with Crippen LogP contribution in [0.3, 0.4) is 0 Å². The van der Waals surface area contributed by atoms with Crippen LogP contribution in [0, 0.1) is 0 Å². The van der Waals surface area contributed by atoms with E-state index < -0.39 is 0 Å². The maximum atomic E-state index is 11.5. The maximum absolute atomic E-state index is 11.5. The van der Waals surface area contributed by atoms with Gasteiger partial charge in [-0.05, 0) is 25.7 Å². The molecule has 1 amide bonds. The fraction of sp³-hybridized carbons (Fsp3) is 0.300. The molecule has 0 fully saturated rings. The number of anilines is 1. The number of hydrogen-bond acceptors (Lipinski definition) is 2. The molecule has 1 aromatic carbocycles. The van der Waals surface area contributed by atoms with Gasteiger partial charge in [-0.1, -0.05) is 26.9 Å². The molecule has 0 saturated carbocycles. The Morgan fingerprint density at radius 2 is 2.00 bits per heavy atom. The van der Waals surface area contributed by atoms with Gasteiger partial charge in [0.15, 0.2) is 0 Å². The van der Waals surface area contributed by atoms with Crippen LogP contribution in [-0.2, 0) is 4.79 Å². The molecule has 0 heterocycles. The summed E-state index contributed by atoms with van der Waals surface area (Å²) in [7, 11) is 0.581. The fourth-order valence-corrected chi connectivity index (χ4v) is 1.62. The number of para-hydroxylation sites is 1. The molecular formula is C10H15N2OP. The van der Waals surface area contributed by atoms with Crippen molar-refractivity contribution in [2.75, 3.05) is 12.0 Å². The predicted molar refractivity (Wildman–Crippen MR) is 61.9 cm³/mol. The first-order valence-electron chi connectivity index (χ1n) is 4.52. The Balaban J connectivity index is 2.49. The highest BCUT2D eigenvalue weighted by Crippen LogP contribution is 2.06. The van der Waals surface area contributed by atoms with Gasteiger partial charge in [-0.3, -0.25) is 9.88 Å². The van der Waals surface area contributed by atoms with E-state index in [-0.39, 0.29) is 11.9 Å². The van der Waals surface area contributed by atoms with Crippen molar-refractivity contribution in [3.63, 3.8) is 0 Å². The standard InChI is InChI=1S/C10H15N2OP/c1-8(12-14-2)10(13)11-9-6-4-3-5-7-9/h3-8,12,14H,1-2H3,(H,11,13). The lowest BCUT2D eigenvalue weighted by atomic mass is 10.3. The average Bonchev–Trinajstić information content (AvgIpc) is 2.19. The van der Waals surface area contributed by atoms with Crippen LogP contribution < -0.4 is 10.4 Å². The summed E-state index contributed by atoms with van der Waals surface area (Å²) in [4.78, 5) is 11.5. The smallest absolute Gasteiger partial charge is 0.241 e. The van der Waals surface area contributed by atoms with Crippen LogP contribution in [0.2, 0.25) is 0 Å². The molecule has 3 nitrogen and oxygen atoms in total. The topological polar surface area (TPSA) is 41.1 Å². The first kappa shape index (κ1) is 11.2. The van der Waals surface area contributed by atoms with Gasteiger partial charge in [-0.2, -0.15) is 0 Å². The first-order chi connectivity index (χ1) is 6.74. The van der Waals surface area contributed by atoms with Crippen molar-refractivity contribution < 1.29 is 4.79 Å². The fourth-order valence-electron chi connectivity index (χ4n) is 1.05. The molecule has 0 aliphatic heterocycles. The van der Waals surface area contributed by atoms with Crippen molar-refractivity contribution >= 4 is 20.3 Å². The molecule has 2 unspecified atom stereocenters. The number of hydrogen-bond donors (Lipinski definition) is 2. The van der Waals surface area contributed by atoms with Crippen LogP contribution in [-0.4, -0.2) is 18.6 Å². The van der Waals surface area contributed by atoms with E-state index in [1.54, 1.807) is 0 Å². The molecule has 0 spiro atoms. The number of carbonyl (C=O) groups is 1. The third-order valence-electron chi connectivity index (χ3n) is 1.80. The minimum Gasteiger partial charge on any atom is -0.325 e. The molecule has 4 heteroatoms. The highest BCUT2D eigenvalue weighted by atomic mass is 31.1. The van der Waals surface area contributed by atoms with Crippen molar-refractivity contribution in [3.05, 3.63) is 30.3 Å². The minimum atomic E-state index is -0.140. The second kappa shape index (κ2) is 5.74. The van der Waals surface area contributed by atoms with E-state index in [1.165, 1.54) is 0 Å². The lowest BCUT2D eigenvalue weighted by molar-refractivity contribution is -0.117. The van der Waals surface area contributed by atoms with Crippen LogP contribution in [0.15, 0.2) is 30.3 Å².